The van der Waals surface area contributed by atoms with Crippen LogP contribution in [0.1, 0.15) is 74.0 Å². The minimum Gasteiger partial charge on any atom is -0.497 e. The molecule has 3 saturated heterocycles. The number of benzene rings is 2. The number of carboxylic acids is 1. The fraction of sp³-hybridized carbons (Fsp3) is 0.622. The van der Waals surface area contributed by atoms with E-state index in [1.54, 1.807) is 38.2 Å². The highest BCUT2D eigenvalue weighted by Gasteiger charge is 2.57. The molecule has 1 aliphatic carbocycles. The lowest BCUT2D eigenvalue weighted by atomic mass is 9.79. The van der Waals surface area contributed by atoms with Gasteiger partial charge in [-0.1, -0.05) is 31.0 Å². The fourth-order valence-electron chi connectivity index (χ4n) is 8.62. The van der Waals surface area contributed by atoms with Crippen molar-refractivity contribution >= 4 is 17.6 Å². The quantitative estimate of drug-likeness (QED) is 0.308. The maximum atomic E-state index is 17.7. The Hall–Kier alpha value is -3.38. The molecule has 1 N–H and O–H groups in total. The number of amides is 1. The van der Waals surface area contributed by atoms with Gasteiger partial charge in [0.05, 0.1) is 24.7 Å². The first kappa shape index (κ1) is 35.4. The van der Waals surface area contributed by atoms with E-state index >= 15 is 4.39 Å². The molecule has 8 nitrogen and oxygen atoms in total. The first-order chi connectivity index (χ1) is 23.3. The second-order valence-electron chi connectivity index (χ2n) is 14.7. The van der Waals surface area contributed by atoms with Gasteiger partial charge in [-0.25, -0.2) is 4.39 Å². The summed E-state index contributed by atoms with van der Waals surface area (Å²) in [5.74, 6) is -2.26. The second kappa shape index (κ2) is 13.7. The van der Waals surface area contributed by atoms with Gasteiger partial charge in [0, 0.05) is 75.9 Å². The molecule has 1 amide bonds. The van der Waals surface area contributed by atoms with Crippen LogP contribution in [0.15, 0.2) is 42.5 Å². The smallest absolute Gasteiger partial charge is 0.416 e. The molecular weight excluding hydrogens is 642 g/mol. The standard InChI is InChI=1S/C37H47F4N3O5/c1-35(34(46)47)14-16-42(17-15-35)32-18-26(37(39,40)41)10-13-29(32)30-20-43(19-25(30)22-48-2)33(45)36(38)23-44(27-6-4-5-7-27)21-31(36)24-8-11-28(49-3)12-9-24/h8-13,18,25,27,30-31H,4-7,14-17,19-23H2,1-3H3,(H,46,47)/t25-,30+,31+,36+/m1/s1. The Morgan fingerprint density at radius 3 is 2.24 bits per heavy atom. The minimum absolute atomic E-state index is 0.00897. The molecule has 2 aromatic rings. The number of likely N-dealkylation sites (tertiary alicyclic amines) is 2. The molecular formula is C37H47F4N3O5. The van der Waals surface area contributed by atoms with Crippen LogP contribution in [0.4, 0.5) is 23.2 Å². The number of anilines is 1. The molecule has 6 rings (SSSR count). The van der Waals surface area contributed by atoms with E-state index in [1.165, 1.54) is 6.07 Å². The van der Waals surface area contributed by atoms with Gasteiger partial charge in [-0.05, 0) is 68.0 Å². The van der Waals surface area contributed by atoms with Crippen molar-refractivity contribution in [3.05, 3.63) is 59.2 Å². The van der Waals surface area contributed by atoms with Crippen molar-refractivity contribution in [1.29, 1.82) is 0 Å². The third-order valence-electron chi connectivity index (χ3n) is 11.7. The summed E-state index contributed by atoms with van der Waals surface area (Å²) in [6, 6.07) is 11.1. The van der Waals surface area contributed by atoms with Gasteiger partial charge in [0.15, 0.2) is 0 Å². The number of piperidine rings is 1. The third-order valence-corrected chi connectivity index (χ3v) is 11.7. The van der Waals surface area contributed by atoms with Crippen molar-refractivity contribution in [2.24, 2.45) is 11.3 Å². The van der Waals surface area contributed by atoms with Gasteiger partial charge < -0.3 is 24.4 Å². The zero-order chi connectivity index (χ0) is 35.1. The van der Waals surface area contributed by atoms with E-state index in [0.29, 0.717) is 23.5 Å². The Bertz CT molecular complexity index is 1510. The van der Waals surface area contributed by atoms with Gasteiger partial charge in [0.25, 0.3) is 5.91 Å². The van der Waals surface area contributed by atoms with Crippen LogP contribution in [0.5, 0.6) is 5.75 Å². The second-order valence-corrected chi connectivity index (χ2v) is 14.7. The highest BCUT2D eigenvalue weighted by molar-refractivity contribution is 5.88. The molecule has 0 radical (unpaired) electrons. The number of aliphatic carboxylic acids is 1. The van der Waals surface area contributed by atoms with Crippen LogP contribution in [0.25, 0.3) is 0 Å². The molecule has 0 spiro atoms. The number of ether oxygens (including phenoxy) is 2. The summed E-state index contributed by atoms with van der Waals surface area (Å²) in [4.78, 5) is 31.9. The summed E-state index contributed by atoms with van der Waals surface area (Å²) >= 11 is 0. The lowest BCUT2D eigenvalue weighted by Crippen LogP contribution is -2.50. The maximum absolute atomic E-state index is 17.7. The molecule has 0 unspecified atom stereocenters. The van der Waals surface area contributed by atoms with Gasteiger partial charge in [-0.2, -0.15) is 13.2 Å². The van der Waals surface area contributed by atoms with Crippen molar-refractivity contribution in [3.63, 3.8) is 0 Å². The number of methoxy groups -OCH3 is 2. The van der Waals surface area contributed by atoms with Gasteiger partial charge in [0.1, 0.15) is 5.75 Å². The Morgan fingerprint density at radius 2 is 1.65 bits per heavy atom. The number of hydrogen-bond acceptors (Lipinski definition) is 6. The predicted molar refractivity (Wildman–Crippen MR) is 177 cm³/mol. The number of alkyl halides is 4. The van der Waals surface area contributed by atoms with E-state index in [2.05, 4.69) is 4.90 Å². The van der Waals surface area contributed by atoms with E-state index in [9.17, 15) is 27.9 Å². The summed E-state index contributed by atoms with van der Waals surface area (Å²) in [5.41, 5.74) is -2.22. The first-order valence-corrected chi connectivity index (χ1v) is 17.3. The van der Waals surface area contributed by atoms with Crippen LogP contribution < -0.4 is 9.64 Å². The van der Waals surface area contributed by atoms with Crippen molar-refractivity contribution in [3.8, 4) is 5.75 Å². The van der Waals surface area contributed by atoms with Crippen molar-refractivity contribution < 1.29 is 41.7 Å². The SMILES string of the molecule is COC[C@H]1CN(C(=O)[C@]2(F)CN(C3CCCC3)C[C@H]2c2ccc(OC)cc2)C[C@@H]1c1ccc(C(F)(F)F)cc1N1CCC(C)(C(=O)O)CC1. The fourth-order valence-corrected chi connectivity index (χ4v) is 8.62. The average Bonchev–Trinajstić information content (AvgIpc) is 3.84. The Balaban J connectivity index is 1.32. The number of carbonyl (C=O) groups is 2. The maximum Gasteiger partial charge on any atom is 0.416 e. The minimum atomic E-state index is -4.58. The summed E-state index contributed by atoms with van der Waals surface area (Å²) in [7, 11) is 3.11. The predicted octanol–water partition coefficient (Wildman–Crippen LogP) is 6.34. The molecule has 4 aliphatic rings. The van der Waals surface area contributed by atoms with E-state index in [1.807, 2.05) is 17.0 Å². The first-order valence-electron chi connectivity index (χ1n) is 17.3. The van der Waals surface area contributed by atoms with Crippen LogP contribution in [0, 0.1) is 11.3 Å². The number of rotatable bonds is 9. The number of halogens is 4. The molecule has 2 aromatic carbocycles. The molecule has 12 heteroatoms. The summed E-state index contributed by atoms with van der Waals surface area (Å²) in [6.07, 6.45) is 0.0896. The van der Waals surface area contributed by atoms with Gasteiger partial charge in [-0.15, -0.1) is 0 Å². The highest BCUT2D eigenvalue weighted by Crippen LogP contribution is 2.47. The van der Waals surface area contributed by atoms with Crippen LogP contribution >= 0.6 is 0 Å². The van der Waals surface area contributed by atoms with Crippen LogP contribution in [-0.4, -0.2) is 98.6 Å². The molecule has 0 aromatic heterocycles. The van der Waals surface area contributed by atoms with Crippen LogP contribution in [-0.2, 0) is 20.5 Å². The summed E-state index contributed by atoms with van der Waals surface area (Å²) in [6.45, 7) is 3.20. The monoisotopic (exact) mass is 689 g/mol. The number of hydrogen-bond donors (Lipinski definition) is 1. The molecule has 1 saturated carbocycles. The Morgan fingerprint density at radius 1 is 0.980 bits per heavy atom. The number of carboxylic acid groups (broad SMARTS) is 1. The van der Waals surface area contributed by atoms with Gasteiger partial charge >= 0.3 is 12.1 Å². The lowest BCUT2D eigenvalue weighted by Gasteiger charge is -2.39. The van der Waals surface area contributed by atoms with E-state index in [-0.39, 0.29) is 64.1 Å². The van der Waals surface area contributed by atoms with Crippen molar-refractivity contribution in [2.45, 2.75) is 75.2 Å². The molecule has 3 aliphatic heterocycles. The summed E-state index contributed by atoms with van der Waals surface area (Å²) < 4.78 is 70.5. The largest absolute Gasteiger partial charge is 0.497 e. The van der Waals surface area contributed by atoms with E-state index in [0.717, 1.165) is 43.4 Å². The molecule has 3 heterocycles. The highest BCUT2D eigenvalue weighted by atomic mass is 19.4. The Labute approximate surface area is 285 Å². The molecule has 268 valence electrons. The molecule has 4 atom stereocenters. The van der Waals surface area contributed by atoms with Gasteiger partial charge in [-0.3, -0.25) is 14.5 Å². The van der Waals surface area contributed by atoms with Crippen molar-refractivity contribution in [2.75, 3.05) is 65.0 Å². The topological polar surface area (TPSA) is 82.6 Å². The third kappa shape index (κ3) is 6.87. The average molecular weight is 690 g/mol. The van der Waals surface area contributed by atoms with Gasteiger partial charge in [0.2, 0.25) is 5.67 Å². The molecule has 49 heavy (non-hydrogen) atoms. The number of nitrogens with zero attached hydrogens (tertiary/aromatic N) is 3. The summed E-state index contributed by atoms with van der Waals surface area (Å²) in [5, 5.41) is 9.75. The lowest BCUT2D eigenvalue weighted by molar-refractivity contribution is -0.149. The molecule has 4 fully saturated rings. The van der Waals surface area contributed by atoms with Crippen LogP contribution in [0.3, 0.4) is 0 Å². The normalized spacial score (nSPS) is 27.9. The zero-order valence-corrected chi connectivity index (χ0v) is 28.5. The van der Waals surface area contributed by atoms with Crippen molar-refractivity contribution in [1.82, 2.24) is 9.80 Å². The number of carbonyl (C=O) groups excluding carboxylic acids is 1. The van der Waals surface area contributed by atoms with E-state index in [4.69, 9.17) is 9.47 Å². The van der Waals surface area contributed by atoms with E-state index < -0.39 is 46.5 Å². The zero-order valence-electron chi connectivity index (χ0n) is 28.5. The Kier molecular flexibility index (Phi) is 9.94. The van der Waals surface area contributed by atoms with Crippen LogP contribution in [0.2, 0.25) is 0 Å². The molecule has 0 bridgehead atoms.